The lowest BCUT2D eigenvalue weighted by atomic mass is 9.90. The van der Waals surface area contributed by atoms with Crippen LogP contribution in [0.1, 0.15) is 23.5 Å². The summed E-state index contributed by atoms with van der Waals surface area (Å²) in [6, 6.07) is 24.1. The fraction of sp³-hybridized carbons (Fsp3) is 0.200. The molecule has 0 bridgehead atoms. The lowest BCUT2D eigenvalue weighted by molar-refractivity contribution is -0.116. The van der Waals surface area contributed by atoms with Crippen LogP contribution < -0.4 is 16.0 Å². The predicted molar refractivity (Wildman–Crippen MR) is 143 cm³/mol. The first-order valence-electron chi connectivity index (χ1n) is 10.3. The van der Waals surface area contributed by atoms with Gasteiger partial charge in [-0.05, 0) is 40.5 Å². The summed E-state index contributed by atoms with van der Waals surface area (Å²) in [5, 5.41) is 10.4. The molecule has 1 atom stereocenters. The number of nitrogens with one attached hydrogen (secondary N) is 3. The van der Waals surface area contributed by atoms with E-state index in [1.165, 1.54) is 0 Å². The number of halogens is 2. The minimum Gasteiger partial charge on any atom is -0.356 e. The number of carbonyl (C=O) groups is 1. The summed E-state index contributed by atoms with van der Waals surface area (Å²) in [7, 11) is 1.75. The van der Waals surface area contributed by atoms with Gasteiger partial charge in [0.1, 0.15) is 0 Å². The molecule has 0 aromatic heterocycles. The van der Waals surface area contributed by atoms with Crippen molar-refractivity contribution in [3.05, 3.63) is 88.9 Å². The van der Waals surface area contributed by atoms with E-state index in [9.17, 15) is 4.79 Å². The van der Waals surface area contributed by atoms with E-state index in [0.29, 0.717) is 25.5 Å². The normalized spacial score (nSPS) is 15.2. The van der Waals surface area contributed by atoms with Crippen molar-refractivity contribution in [2.45, 2.75) is 18.9 Å². The minimum atomic E-state index is 0. The lowest BCUT2D eigenvalue weighted by Gasteiger charge is -2.26. The van der Waals surface area contributed by atoms with Gasteiger partial charge in [-0.15, -0.1) is 24.0 Å². The van der Waals surface area contributed by atoms with E-state index in [-0.39, 0.29) is 35.8 Å². The molecule has 5 nitrogen and oxygen atoms in total. The van der Waals surface area contributed by atoms with Gasteiger partial charge in [-0.2, -0.15) is 0 Å². The Morgan fingerprint density at radius 2 is 1.75 bits per heavy atom. The fourth-order valence-electron chi connectivity index (χ4n) is 3.89. The molecule has 0 spiro atoms. The van der Waals surface area contributed by atoms with E-state index in [0.717, 1.165) is 33.0 Å². The molecule has 32 heavy (non-hydrogen) atoms. The first kappa shape index (κ1) is 24.1. The number of guanidine groups is 1. The summed E-state index contributed by atoms with van der Waals surface area (Å²) < 4.78 is 0. The zero-order chi connectivity index (χ0) is 21.6. The maximum Gasteiger partial charge on any atom is 0.225 e. The Bertz CT molecular complexity index is 1100. The third-order valence-corrected chi connectivity index (χ3v) is 5.72. The first-order valence-corrected chi connectivity index (χ1v) is 10.7. The zero-order valence-corrected chi connectivity index (χ0v) is 20.9. The van der Waals surface area contributed by atoms with Crippen molar-refractivity contribution in [2.24, 2.45) is 4.99 Å². The smallest absolute Gasteiger partial charge is 0.225 e. The topological polar surface area (TPSA) is 65.5 Å². The summed E-state index contributed by atoms with van der Waals surface area (Å²) >= 11 is 6.04. The van der Waals surface area contributed by atoms with Gasteiger partial charge in [0, 0.05) is 43.2 Å². The zero-order valence-electron chi connectivity index (χ0n) is 17.8. The molecule has 0 fully saturated rings. The van der Waals surface area contributed by atoms with Gasteiger partial charge in [0.05, 0.1) is 0 Å². The van der Waals surface area contributed by atoms with E-state index in [1.54, 1.807) is 7.05 Å². The molecule has 0 saturated heterocycles. The molecular weight excluding hydrogens is 535 g/mol. The molecule has 7 heteroatoms. The lowest BCUT2D eigenvalue weighted by Crippen LogP contribution is -2.40. The van der Waals surface area contributed by atoms with Crippen molar-refractivity contribution in [1.82, 2.24) is 10.6 Å². The molecule has 1 aliphatic heterocycles. The number of amides is 1. The summed E-state index contributed by atoms with van der Waals surface area (Å²) in [6.45, 7) is 1.25. The van der Waals surface area contributed by atoms with Crippen LogP contribution in [-0.4, -0.2) is 25.5 Å². The number of hydrogen-bond donors (Lipinski definition) is 3. The Kier molecular flexibility index (Phi) is 8.53. The van der Waals surface area contributed by atoms with Gasteiger partial charge in [0.15, 0.2) is 5.96 Å². The first-order chi connectivity index (χ1) is 15.1. The summed E-state index contributed by atoms with van der Waals surface area (Å²) in [6.07, 6.45) is 0.459. The van der Waals surface area contributed by atoms with Crippen LogP contribution in [0.15, 0.2) is 77.8 Å². The Labute approximate surface area is 210 Å². The molecule has 0 saturated carbocycles. The van der Waals surface area contributed by atoms with Crippen LogP contribution in [-0.2, 0) is 11.3 Å². The van der Waals surface area contributed by atoms with E-state index in [4.69, 9.17) is 11.6 Å². The number of nitrogens with zero attached hydrogens (tertiary/aromatic N) is 1. The molecule has 1 amide bonds. The molecule has 0 aliphatic carbocycles. The number of benzene rings is 3. The number of anilines is 1. The van der Waals surface area contributed by atoms with E-state index in [1.807, 2.05) is 54.6 Å². The van der Waals surface area contributed by atoms with Crippen molar-refractivity contribution in [3.63, 3.8) is 0 Å². The quantitative estimate of drug-likeness (QED) is 0.222. The van der Waals surface area contributed by atoms with Gasteiger partial charge in [-0.1, -0.05) is 66.2 Å². The highest BCUT2D eigenvalue weighted by Gasteiger charge is 2.24. The van der Waals surface area contributed by atoms with Crippen LogP contribution >= 0.6 is 35.6 Å². The summed E-state index contributed by atoms with van der Waals surface area (Å²) in [5.41, 5.74) is 5.48. The fourth-order valence-corrected chi connectivity index (χ4v) is 4.01. The van der Waals surface area contributed by atoms with Gasteiger partial charge >= 0.3 is 0 Å². The van der Waals surface area contributed by atoms with Gasteiger partial charge in [-0.3, -0.25) is 9.79 Å². The van der Waals surface area contributed by atoms with Crippen molar-refractivity contribution < 1.29 is 4.79 Å². The third-order valence-electron chi connectivity index (χ3n) is 5.46. The number of carbonyl (C=O) groups excluding carboxylic acids is 1. The van der Waals surface area contributed by atoms with Crippen LogP contribution in [0.4, 0.5) is 5.69 Å². The third kappa shape index (κ3) is 5.81. The average Bonchev–Trinajstić information content (AvgIpc) is 2.80. The standard InChI is InChI=1S/C25H25ClN4O.HI/c1-27-25(29-16-19-14-24(31)30-23-9-5-4-8-22(19)23)28-15-18-6-2-3-7-21(18)17-10-12-20(26)13-11-17;/h2-13,19H,14-16H2,1H3,(H,30,31)(H2,27,28,29);1H. The van der Waals surface area contributed by atoms with Crippen LogP contribution in [0.25, 0.3) is 11.1 Å². The van der Waals surface area contributed by atoms with E-state index < -0.39 is 0 Å². The summed E-state index contributed by atoms with van der Waals surface area (Å²) in [4.78, 5) is 16.4. The average molecular weight is 561 g/mol. The number of aliphatic imine (C=N–C) groups is 1. The predicted octanol–water partition coefficient (Wildman–Crippen LogP) is 5.42. The van der Waals surface area contributed by atoms with E-state index in [2.05, 4.69) is 39.1 Å². The Balaban J connectivity index is 0.00000289. The molecule has 3 aromatic carbocycles. The van der Waals surface area contributed by atoms with Gasteiger partial charge in [-0.25, -0.2) is 0 Å². The molecule has 166 valence electrons. The number of hydrogen-bond acceptors (Lipinski definition) is 2. The monoisotopic (exact) mass is 560 g/mol. The highest BCUT2D eigenvalue weighted by molar-refractivity contribution is 14.0. The van der Waals surface area contributed by atoms with Crippen LogP contribution in [0.5, 0.6) is 0 Å². The van der Waals surface area contributed by atoms with Crippen LogP contribution in [0.2, 0.25) is 5.02 Å². The van der Waals surface area contributed by atoms with Crippen LogP contribution in [0.3, 0.4) is 0 Å². The Morgan fingerprint density at radius 3 is 2.53 bits per heavy atom. The minimum absolute atomic E-state index is 0. The second-order valence-electron chi connectivity index (χ2n) is 7.51. The SMILES string of the molecule is CN=C(NCc1ccccc1-c1ccc(Cl)cc1)NCC1CC(=O)Nc2ccccc21.I. The van der Waals surface area contributed by atoms with Gasteiger partial charge in [0.2, 0.25) is 5.91 Å². The van der Waals surface area contributed by atoms with E-state index >= 15 is 0 Å². The van der Waals surface area contributed by atoms with Gasteiger partial charge < -0.3 is 16.0 Å². The largest absolute Gasteiger partial charge is 0.356 e. The van der Waals surface area contributed by atoms with Crippen LogP contribution in [0, 0.1) is 0 Å². The number of fused-ring (bicyclic) bond motifs is 1. The Morgan fingerprint density at radius 1 is 1.03 bits per heavy atom. The number of para-hydroxylation sites is 1. The second-order valence-corrected chi connectivity index (χ2v) is 7.94. The van der Waals surface area contributed by atoms with Crippen molar-refractivity contribution in [1.29, 1.82) is 0 Å². The van der Waals surface area contributed by atoms with Crippen molar-refractivity contribution in [3.8, 4) is 11.1 Å². The molecule has 4 rings (SSSR count). The molecule has 3 N–H and O–H groups in total. The maximum absolute atomic E-state index is 12.1. The molecular formula is C25H26ClIN4O. The second kappa shape index (κ2) is 11.3. The van der Waals surface area contributed by atoms with Crippen molar-refractivity contribution in [2.75, 3.05) is 18.9 Å². The summed E-state index contributed by atoms with van der Waals surface area (Å²) in [5.74, 6) is 0.851. The highest BCUT2D eigenvalue weighted by Crippen LogP contribution is 2.31. The highest BCUT2D eigenvalue weighted by atomic mass is 127. The van der Waals surface area contributed by atoms with Gasteiger partial charge in [0.25, 0.3) is 0 Å². The van der Waals surface area contributed by atoms with Crippen molar-refractivity contribution >= 4 is 53.1 Å². The maximum atomic E-state index is 12.1. The number of rotatable bonds is 5. The molecule has 3 aromatic rings. The molecule has 1 aliphatic rings. The molecule has 1 heterocycles. The molecule has 0 radical (unpaired) electrons. The molecule has 1 unspecified atom stereocenters. The Hall–Kier alpha value is -2.58.